The maximum Gasteiger partial charge on any atom is 0.0159 e. The normalized spacial score (nSPS) is 10.6. The van der Waals surface area contributed by atoms with Gasteiger partial charge >= 0.3 is 0 Å². The average Bonchev–Trinajstić information content (AvgIpc) is 2.62. The zero-order chi connectivity index (χ0) is 15.4. The Morgan fingerprint density at radius 2 is 0.955 bits per heavy atom. The summed E-state index contributed by atoms with van der Waals surface area (Å²) in [6.07, 6.45) is 4.29. The highest BCUT2D eigenvalue weighted by Crippen LogP contribution is 2.39. The van der Waals surface area contributed by atoms with Gasteiger partial charge in [-0.25, -0.2) is 0 Å². The average molecular weight is 322 g/mol. The second kappa shape index (κ2) is 7.08. The summed E-state index contributed by atoms with van der Waals surface area (Å²) in [5, 5.41) is 0. The fraction of sp³-hybridized carbons (Fsp3) is 0.100. The molecule has 0 aromatic heterocycles. The van der Waals surface area contributed by atoms with Crippen molar-refractivity contribution in [3.05, 3.63) is 72.8 Å². The van der Waals surface area contributed by atoms with Gasteiger partial charge in [-0.05, 0) is 46.9 Å². The van der Waals surface area contributed by atoms with Crippen molar-refractivity contribution in [1.82, 2.24) is 0 Å². The van der Waals surface area contributed by atoms with Crippen LogP contribution in [0.3, 0.4) is 0 Å². The van der Waals surface area contributed by atoms with Crippen molar-refractivity contribution in [3.63, 3.8) is 0 Å². The molecule has 0 bridgehead atoms. The van der Waals surface area contributed by atoms with E-state index in [4.69, 9.17) is 0 Å². The third-order valence-electron chi connectivity index (χ3n) is 3.69. The van der Waals surface area contributed by atoms with E-state index in [9.17, 15) is 0 Å². The first-order chi connectivity index (χ1) is 10.8. The van der Waals surface area contributed by atoms with Crippen molar-refractivity contribution in [2.75, 3.05) is 12.5 Å². The maximum absolute atomic E-state index is 2.34. The topological polar surface area (TPSA) is 0 Å². The van der Waals surface area contributed by atoms with Gasteiger partial charge in [0.1, 0.15) is 0 Å². The Bertz CT molecular complexity index is 687. The third kappa shape index (κ3) is 3.08. The summed E-state index contributed by atoms with van der Waals surface area (Å²) in [5.74, 6) is 0. The molecule has 0 radical (unpaired) electrons. The van der Waals surface area contributed by atoms with Gasteiger partial charge in [0.2, 0.25) is 0 Å². The van der Waals surface area contributed by atoms with Gasteiger partial charge in [-0.2, -0.15) is 0 Å². The number of rotatable bonds is 4. The molecule has 110 valence electrons. The van der Waals surface area contributed by atoms with Crippen LogP contribution in [0.4, 0.5) is 0 Å². The molecule has 0 fully saturated rings. The van der Waals surface area contributed by atoms with Crippen molar-refractivity contribution in [2.45, 2.75) is 9.79 Å². The lowest BCUT2D eigenvalue weighted by Gasteiger charge is -2.15. The van der Waals surface area contributed by atoms with Crippen LogP contribution >= 0.6 is 23.5 Å². The number of benzene rings is 3. The molecule has 0 spiro atoms. The molecule has 0 heterocycles. The smallest absolute Gasteiger partial charge is 0.0159 e. The molecule has 0 unspecified atom stereocenters. The van der Waals surface area contributed by atoms with Gasteiger partial charge in [0.15, 0.2) is 0 Å². The van der Waals surface area contributed by atoms with Crippen LogP contribution in [0.25, 0.3) is 22.3 Å². The van der Waals surface area contributed by atoms with Crippen LogP contribution in [0.2, 0.25) is 0 Å². The van der Waals surface area contributed by atoms with Crippen molar-refractivity contribution in [2.24, 2.45) is 0 Å². The van der Waals surface area contributed by atoms with E-state index in [1.807, 2.05) is 23.5 Å². The predicted molar refractivity (Wildman–Crippen MR) is 101 cm³/mol. The molecule has 0 saturated carbocycles. The van der Waals surface area contributed by atoms with E-state index < -0.39 is 0 Å². The standard InChI is InChI=1S/C20H18S2/c1-21-19-14-20(22-2)18(16-11-7-4-8-12-16)13-17(19)15-9-5-3-6-10-15/h3-14H,1-2H3. The SMILES string of the molecule is CSc1cc(SC)c(-c2ccccc2)cc1-c1ccccc1. The highest BCUT2D eigenvalue weighted by atomic mass is 32.2. The van der Waals surface area contributed by atoms with Gasteiger partial charge in [-0.15, -0.1) is 23.5 Å². The van der Waals surface area contributed by atoms with Crippen LogP contribution in [-0.4, -0.2) is 12.5 Å². The van der Waals surface area contributed by atoms with Crippen LogP contribution in [0.1, 0.15) is 0 Å². The Hall–Kier alpha value is -1.64. The Morgan fingerprint density at radius 3 is 1.32 bits per heavy atom. The minimum absolute atomic E-state index is 1.27. The molecule has 0 aliphatic heterocycles. The summed E-state index contributed by atoms with van der Waals surface area (Å²) in [5.41, 5.74) is 5.17. The van der Waals surface area contributed by atoms with E-state index in [1.54, 1.807) is 0 Å². The molecular weight excluding hydrogens is 304 g/mol. The molecule has 3 aromatic carbocycles. The molecule has 0 atom stereocenters. The van der Waals surface area contributed by atoms with E-state index in [2.05, 4.69) is 85.3 Å². The minimum atomic E-state index is 1.27. The van der Waals surface area contributed by atoms with E-state index >= 15 is 0 Å². The Kier molecular flexibility index (Phi) is 4.91. The summed E-state index contributed by atoms with van der Waals surface area (Å²) in [6, 6.07) is 25.9. The van der Waals surface area contributed by atoms with Crippen LogP contribution in [0.15, 0.2) is 82.6 Å². The summed E-state index contributed by atoms with van der Waals surface area (Å²) >= 11 is 3.62. The van der Waals surface area contributed by atoms with Crippen molar-refractivity contribution >= 4 is 23.5 Å². The zero-order valence-corrected chi connectivity index (χ0v) is 14.4. The summed E-state index contributed by atoms with van der Waals surface area (Å²) in [4.78, 5) is 2.66. The Morgan fingerprint density at radius 1 is 0.545 bits per heavy atom. The van der Waals surface area contributed by atoms with Crippen molar-refractivity contribution < 1.29 is 0 Å². The molecule has 0 aliphatic rings. The number of hydrogen-bond acceptors (Lipinski definition) is 2. The number of thioether (sulfide) groups is 2. The molecule has 0 saturated heterocycles. The highest BCUT2D eigenvalue weighted by Gasteiger charge is 2.12. The van der Waals surface area contributed by atoms with Crippen molar-refractivity contribution in [3.8, 4) is 22.3 Å². The van der Waals surface area contributed by atoms with E-state index in [1.165, 1.54) is 32.0 Å². The van der Waals surface area contributed by atoms with Crippen LogP contribution in [0, 0.1) is 0 Å². The fourth-order valence-corrected chi connectivity index (χ4v) is 3.92. The first kappa shape index (κ1) is 15.3. The quantitative estimate of drug-likeness (QED) is 0.505. The molecule has 3 rings (SSSR count). The van der Waals surface area contributed by atoms with Gasteiger partial charge < -0.3 is 0 Å². The third-order valence-corrected chi connectivity index (χ3v) is 5.25. The second-order valence-electron chi connectivity index (χ2n) is 4.98. The minimum Gasteiger partial charge on any atom is -0.129 e. The van der Waals surface area contributed by atoms with E-state index in [0.717, 1.165) is 0 Å². The van der Waals surface area contributed by atoms with Gasteiger partial charge in [-0.3, -0.25) is 0 Å². The molecule has 0 amide bonds. The molecule has 2 heteroatoms. The zero-order valence-electron chi connectivity index (χ0n) is 12.7. The first-order valence-electron chi connectivity index (χ1n) is 7.20. The summed E-state index contributed by atoms with van der Waals surface area (Å²) in [7, 11) is 0. The van der Waals surface area contributed by atoms with E-state index in [-0.39, 0.29) is 0 Å². The lowest BCUT2D eigenvalue weighted by Crippen LogP contribution is -1.88. The molecular formula is C20H18S2. The lowest BCUT2D eigenvalue weighted by molar-refractivity contribution is 1.33. The Balaban J connectivity index is 2.22. The molecule has 22 heavy (non-hydrogen) atoms. The number of hydrogen-bond donors (Lipinski definition) is 0. The summed E-state index contributed by atoms with van der Waals surface area (Å²) in [6.45, 7) is 0. The van der Waals surface area contributed by atoms with Crippen LogP contribution in [-0.2, 0) is 0 Å². The maximum atomic E-state index is 2.34. The molecule has 0 aliphatic carbocycles. The molecule has 0 nitrogen and oxygen atoms in total. The van der Waals surface area contributed by atoms with Gasteiger partial charge in [0, 0.05) is 9.79 Å². The first-order valence-corrected chi connectivity index (χ1v) is 9.65. The van der Waals surface area contributed by atoms with E-state index in [0.29, 0.717) is 0 Å². The molecule has 3 aromatic rings. The largest absolute Gasteiger partial charge is 0.129 e. The highest BCUT2D eigenvalue weighted by molar-refractivity contribution is 7.99. The van der Waals surface area contributed by atoms with Crippen molar-refractivity contribution in [1.29, 1.82) is 0 Å². The van der Waals surface area contributed by atoms with Gasteiger partial charge in [0.25, 0.3) is 0 Å². The van der Waals surface area contributed by atoms with Crippen LogP contribution in [0.5, 0.6) is 0 Å². The summed E-state index contributed by atoms with van der Waals surface area (Å²) < 4.78 is 0. The molecule has 0 N–H and O–H groups in total. The second-order valence-corrected chi connectivity index (χ2v) is 6.68. The van der Waals surface area contributed by atoms with Crippen LogP contribution < -0.4 is 0 Å². The lowest BCUT2D eigenvalue weighted by atomic mass is 9.99. The van der Waals surface area contributed by atoms with Gasteiger partial charge in [0.05, 0.1) is 0 Å². The monoisotopic (exact) mass is 322 g/mol. The fourth-order valence-electron chi connectivity index (χ4n) is 2.59. The van der Waals surface area contributed by atoms with Gasteiger partial charge in [-0.1, -0.05) is 60.7 Å². The predicted octanol–water partition coefficient (Wildman–Crippen LogP) is 6.46. The Labute approximate surface area is 141 Å².